The van der Waals surface area contributed by atoms with Gasteiger partial charge in [-0.15, -0.1) is 0 Å². The van der Waals surface area contributed by atoms with Gasteiger partial charge >= 0.3 is 0 Å². The fourth-order valence-corrected chi connectivity index (χ4v) is 1.33. The van der Waals surface area contributed by atoms with Crippen LogP contribution in [0.3, 0.4) is 0 Å². The van der Waals surface area contributed by atoms with Crippen LogP contribution < -0.4 is 5.73 Å². The van der Waals surface area contributed by atoms with Crippen LogP contribution in [0.4, 0.5) is 0 Å². The summed E-state index contributed by atoms with van der Waals surface area (Å²) in [5, 5.41) is 3.52. The molecule has 56 valence electrons. The Kier molecular flexibility index (Phi) is 2.54. The van der Waals surface area contributed by atoms with Crippen LogP contribution in [0, 0.1) is 11.8 Å². The number of azide groups is 1. The minimum atomic E-state index is 0.570. The molecule has 1 aliphatic rings. The summed E-state index contributed by atoms with van der Waals surface area (Å²) < 4.78 is 0. The second kappa shape index (κ2) is 3.44. The summed E-state index contributed by atoms with van der Waals surface area (Å²) in [5.74, 6) is 1.19. The van der Waals surface area contributed by atoms with Crippen LogP contribution >= 0.6 is 0 Å². The van der Waals surface area contributed by atoms with Crippen molar-refractivity contribution in [2.24, 2.45) is 22.7 Å². The summed E-state index contributed by atoms with van der Waals surface area (Å²) in [5.41, 5.74) is 13.5. The molecule has 10 heavy (non-hydrogen) atoms. The molecule has 0 saturated heterocycles. The number of hydrogen-bond acceptors (Lipinski definition) is 2. The second-order valence-corrected chi connectivity index (χ2v) is 2.75. The maximum Gasteiger partial charge on any atom is 0.0289 e. The largest absolute Gasteiger partial charge is 0.330 e. The first-order valence-corrected chi connectivity index (χ1v) is 3.59. The lowest BCUT2D eigenvalue weighted by atomic mass is 9.74. The van der Waals surface area contributed by atoms with Gasteiger partial charge in [0.25, 0.3) is 0 Å². The molecule has 0 aromatic carbocycles. The maximum atomic E-state index is 8.02. The molecule has 2 atom stereocenters. The number of nitrogens with two attached hydrogens (primary N) is 1. The first-order chi connectivity index (χ1) is 4.88. The molecule has 0 unspecified atom stereocenters. The molecule has 4 nitrogen and oxygen atoms in total. The molecule has 1 saturated carbocycles. The molecule has 0 amide bonds. The molecule has 1 rings (SSSR count). The highest BCUT2D eigenvalue weighted by Gasteiger charge is 2.28. The highest BCUT2D eigenvalue weighted by Crippen LogP contribution is 2.33. The summed E-state index contributed by atoms with van der Waals surface area (Å²) in [6, 6.07) is 0. The number of nitrogens with zero attached hydrogens (tertiary/aromatic N) is 3. The lowest BCUT2D eigenvalue weighted by Gasteiger charge is -2.34. The molecule has 4 heteroatoms. The summed E-state index contributed by atoms with van der Waals surface area (Å²) in [6.07, 6.45) is 2.39. The van der Waals surface area contributed by atoms with Crippen LogP contribution in [0.1, 0.15) is 12.8 Å². The van der Waals surface area contributed by atoms with E-state index in [9.17, 15) is 0 Å². The van der Waals surface area contributed by atoms with Gasteiger partial charge in [0.2, 0.25) is 0 Å². The predicted molar refractivity (Wildman–Crippen MR) is 39.3 cm³/mol. The molecular formula is C6H12N4. The summed E-state index contributed by atoms with van der Waals surface area (Å²) in [4.78, 5) is 2.71. The van der Waals surface area contributed by atoms with E-state index in [0.717, 1.165) is 6.54 Å². The Bertz CT molecular complexity index is 148. The molecule has 0 aromatic rings. The van der Waals surface area contributed by atoms with Crippen molar-refractivity contribution in [2.45, 2.75) is 12.8 Å². The first-order valence-electron chi connectivity index (χ1n) is 3.59. The Morgan fingerprint density at radius 2 is 2.20 bits per heavy atom. The van der Waals surface area contributed by atoms with E-state index in [1.807, 2.05) is 0 Å². The van der Waals surface area contributed by atoms with E-state index in [0.29, 0.717) is 18.4 Å². The third-order valence-corrected chi connectivity index (χ3v) is 2.26. The average Bonchev–Trinajstić information content (AvgIpc) is 1.88. The SMILES string of the molecule is [N-]=[N+]=NC[C@H]1CC[C@H]1CN. The normalized spacial score (nSPS) is 30.5. The Hall–Kier alpha value is -0.730. The van der Waals surface area contributed by atoms with Gasteiger partial charge in [0.15, 0.2) is 0 Å². The van der Waals surface area contributed by atoms with Crippen LogP contribution in [0.15, 0.2) is 5.11 Å². The lowest BCUT2D eigenvalue weighted by molar-refractivity contribution is 0.192. The van der Waals surface area contributed by atoms with Crippen LogP contribution in [0.2, 0.25) is 0 Å². The highest BCUT2D eigenvalue weighted by molar-refractivity contribution is 4.82. The maximum absolute atomic E-state index is 8.02. The monoisotopic (exact) mass is 140 g/mol. The van der Waals surface area contributed by atoms with Crippen LogP contribution in [-0.4, -0.2) is 13.1 Å². The smallest absolute Gasteiger partial charge is 0.0289 e. The first kappa shape index (κ1) is 7.38. The Labute approximate surface area is 60.0 Å². The van der Waals surface area contributed by atoms with Gasteiger partial charge in [-0.2, -0.15) is 0 Å². The average molecular weight is 140 g/mol. The van der Waals surface area contributed by atoms with Crippen molar-refractivity contribution in [3.05, 3.63) is 10.4 Å². The van der Waals surface area contributed by atoms with Crippen LogP contribution in [0.25, 0.3) is 10.4 Å². The topological polar surface area (TPSA) is 74.8 Å². The molecular weight excluding hydrogens is 128 g/mol. The molecule has 0 aliphatic heterocycles. The Morgan fingerprint density at radius 1 is 1.50 bits per heavy atom. The highest BCUT2D eigenvalue weighted by atomic mass is 15.1. The lowest BCUT2D eigenvalue weighted by Crippen LogP contribution is -2.33. The van der Waals surface area contributed by atoms with Crippen molar-refractivity contribution in [3.8, 4) is 0 Å². The molecule has 0 aromatic heterocycles. The second-order valence-electron chi connectivity index (χ2n) is 2.75. The number of rotatable bonds is 3. The van der Waals surface area contributed by atoms with Gasteiger partial charge in [-0.3, -0.25) is 0 Å². The minimum Gasteiger partial charge on any atom is -0.330 e. The third-order valence-electron chi connectivity index (χ3n) is 2.26. The van der Waals surface area contributed by atoms with E-state index in [-0.39, 0.29) is 0 Å². The van der Waals surface area contributed by atoms with Crippen molar-refractivity contribution in [2.75, 3.05) is 13.1 Å². The molecule has 0 radical (unpaired) electrons. The van der Waals surface area contributed by atoms with E-state index in [2.05, 4.69) is 10.0 Å². The zero-order valence-electron chi connectivity index (χ0n) is 5.90. The van der Waals surface area contributed by atoms with Gasteiger partial charge in [0.1, 0.15) is 0 Å². The minimum absolute atomic E-state index is 0.570. The Balaban J connectivity index is 2.22. The zero-order valence-corrected chi connectivity index (χ0v) is 5.90. The van der Waals surface area contributed by atoms with Crippen molar-refractivity contribution < 1.29 is 0 Å². The zero-order chi connectivity index (χ0) is 7.40. The van der Waals surface area contributed by atoms with Crippen molar-refractivity contribution in [1.29, 1.82) is 0 Å². The fourth-order valence-electron chi connectivity index (χ4n) is 1.33. The molecule has 0 heterocycles. The van der Waals surface area contributed by atoms with Gasteiger partial charge in [0.05, 0.1) is 0 Å². The quantitative estimate of drug-likeness (QED) is 0.358. The van der Waals surface area contributed by atoms with E-state index >= 15 is 0 Å². The van der Waals surface area contributed by atoms with Gasteiger partial charge in [-0.05, 0) is 36.8 Å². The predicted octanol–water partition coefficient (Wildman–Crippen LogP) is 1.28. The summed E-state index contributed by atoms with van der Waals surface area (Å²) >= 11 is 0. The molecule has 0 spiro atoms. The standard InChI is InChI=1S/C6H12N4/c7-3-5-1-2-6(5)4-9-10-8/h5-6H,1-4,7H2/t5-,6+/m0/s1. The van der Waals surface area contributed by atoms with Gasteiger partial charge < -0.3 is 5.73 Å². The van der Waals surface area contributed by atoms with E-state index in [4.69, 9.17) is 11.3 Å². The molecule has 0 bridgehead atoms. The molecule has 2 N–H and O–H groups in total. The van der Waals surface area contributed by atoms with Crippen molar-refractivity contribution >= 4 is 0 Å². The van der Waals surface area contributed by atoms with Gasteiger partial charge in [0, 0.05) is 11.5 Å². The van der Waals surface area contributed by atoms with Gasteiger partial charge in [-0.25, -0.2) is 0 Å². The van der Waals surface area contributed by atoms with Crippen molar-refractivity contribution in [1.82, 2.24) is 0 Å². The van der Waals surface area contributed by atoms with Crippen LogP contribution in [0.5, 0.6) is 0 Å². The fraction of sp³-hybridized carbons (Fsp3) is 1.00. The Morgan fingerprint density at radius 3 is 2.60 bits per heavy atom. The van der Waals surface area contributed by atoms with E-state index in [1.165, 1.54) is 12.8 Å². The van der Waals surface area contributed by atoms with E-state index in [1.54, 1.807) is 0 Å². The molecule has 1 fully saturated rings. The molecule has 1 aliphatic carbocycles. The number of hydrogen-bond donors (Lipinski definition) is 1. The van der Waals surface area contributed by atoms with Crippen LogP contribution in [-0.2, 0) is 0 Å². The van der Waals surface area contributed by atoms with Gasteiger partial charge in [-0.1, -0.05) is 5.11 Å². The summed E-state index contributed by atoms with van der Waals surface area (Å²) in [6.45, 7) is 1.38. The van der Waals surface area contributed by atoms with E-state index < -0.39 is 0 Å². The van der Waals surface area contributed by atoms with Crippen molar-refractivity contribution in [3.63, 3.8) is 0 Å². The third kappa shape index (κ3) is 1.40. The summed E-state index contributed by atoms with van der Waals surface area (Å²) in [7, 11) is 0.